The summed E-state index contributed by atoms with van der Waals surface area (Å²) in [7, 11) is 0. The fourth-order valence-corrected chi connectivity index (χ4v) is 2.15. The van der Waals surface area contributed by atoms with Gasteiger partial charge in [0, 0.05) is 6.54 Å². The number of hydrogen-bond donors (Lipinski definition) is 2. The first-order valence-corrected chi connectivity index (χ1v) is 4.89. The van der Waals surface area contributed by atoms with E-state index in [1.807, 2.05) is 0 Å². The Kier molecular flexibility index (Phi) is 2.63. The second kappa shape index (κ2) is 3.73. The van der Waals surface area contributed by atoms with E-state index in [0.717, 1.165) is 38.8 Å². The molecule has 2 aliphatic rings. The van der Waals surface area contributed by atoms with Gasteiger partial charge in [-0.3, -0.25) is 5.32 Å². The number of hydrogen-bond acceptors (Lipinski definition) is 3. The van der Waals surface area contributed by atoms with Gasteiger partial charge in [-0.2, -0.15) is 0 Å². The zero-order valence-electron chi connectivity index (χ0n) is 7.33. The molecule has 0 radical (unpaired) electrons. The Hall–Kier alpha value is -0.120. The highest BCUT2D eigenvalue weighted by Crippen LogP contribution is 2.28. The lowest BCUT2D eigenvalue weighted by Crippen LogP contribution is -2.35. The summed E-state index contributed by atoms with van der Waals surface area (Å²) in [6.07, 6.45) is 4.34. The molecule has 0 spiro atoms. The van der Waals surface area contributed by atoms with E-state index in [1.165, 1.54) is 0 Å². The molecule has 3 heteroatoms. The van der Waals surface area contributed by atoms with Gasteiger partial charge in [0.25, 0.3) is 0 Å². The van der Waals surface area contributed by atoms with Crippen LogP contribution in [0.25, 0.3) is 0 Å². The molecule has 0 aromatic heterocycles. The van der Waals surface area contributed by atoms with Crippen molar-refractivity contribution in [1.29, 1.82) is 0 Å². The molecule has 2 fully saturated rings. The number of rotatable bonds is 1. The number of nitrogens with one attached hydrogen (secondary N) is 1. The molecular formula is C9H17NO2. The van der Waals surface area contributed by atoms with Gasteiger partial charge in [-0.1, -0.05) is 0 Å². The summed E-state index contributed by atoms with van der Waals surface area (Å²) in [4.78, 5) is 0. The highest BCUT2D eigenvalue weighted by Gasteiger charge is 2.29. The second-order valence-electron chi connectivity index (χ2n) is 3.81. The maximum Gasteiger partial charge on any atom is 0.111 e. The largest absolute Gasteiger partial charge is 0.393 e. The Balaban J connectivity index is 1.80. The quantitative estimate of drug-likeness (QED) is 0.603. The standard InChI is InChI=1S/C9H17NO2/c11-8-3-1-7(2-4-8)9-10-5-6-12-9/h7-11H,1-6H2. The first-order valence-electron chi connectivity index (χ1n) is 4.89. The van der Waals surface area contributed by atoms with Crippen LogP contribution in [0, 0.1) is 5.92 Å². The molecule has 1 aliphatic heterocycles. The normalized spacial score (nSPS) is 43.2. The van der Waals surface area contributed by atoms with Crippen LogP contribution in [-0.4, -0.2) is 30.6 Å². The molecule has 3 nitrogen and oxygen atoms in total. The molecule has 0 amide bonds. The van der Waals surface area contributed by atoms with Crippen LogP contribution in [0.3, 0.4) is 0 Å². The van der Waals surface area contributed by atoms with Crippen LogP contribution in [0.5, 0.6) is 0 Å². The van der Waals surface area contributed by atoms with Crippen molar-refractivity contribution in [3.8, 4) is 0 Å². The Labute approximate surface area is 73.1 Å². The molecule has 1 atom stereocenters. The average Bonchev–Trinajstić information content (AvgIpc) is 2.58. The molecule has 0 bridgehead atoms. The highest BCUT2D eigenvalue weighted by atomic mass is 16.5. The molecule has 0 aromatic rings. The Morgan fingerprint density at radius 3 is 2.50 bits per heavy atom. The molecule has 0 aromatic carbocycles. The molecule has 1 saturated carbocycles. The van der Waals surface area contributed by atoms with Gasteiger partial charge in [-0.15, -0.1) is 0 Å². The van der Waals surface area contributed by atoms with Gasteiger partial charge in [0.15, 0.2) is 0 Å². The fraction of sp³-hybridized carbons (Fsp3) is 1.00. The minimum Gasteiger partial charge on any atom is -0.393 e. The maximum atomic E-state index is 9.31. The van der Waals surface area contributed by atoms with Crippen molar-refractivity contribution in [2.75, 3.05) is 13.2 Å². The molecule has 70 valence electrons. The summed E-state index contributed by atoms with van der Waals surface area (Å²) in [5.74, 6) is 0.635. The molecule has 1 heterocycles. The van der Waals surface area contributed by atoms with E-state index < -0.39 is 0 Å². The molecular weight excluding hydrogens is 154 g/mol. The van der Waals surface area contributed by atoms with E-state index in [1.54, 1.807) is 0 Å². The van der Waals surface area contributed by atoms with Gasteiger partial charge < -0.3 is 9.84 Å². The summed E-state index contributed by atoms with van der Waals surface area (Å²) in [6, 6.07) is 0. The summed E-state index contributed by atoms with van der Waals surface area (Å²) in [5, 5.41) is 12.6. The van der Waals surface area contributed by atoms with E-state index in [-0.39, 0.29) is 12.3 Å². The van der Waals surface area contributed by atoms with E-state index in [2.05, 4.69) is 5.32 Å². The lowest BCUT2D eigenvalue weighted by atomic mass is 9.86. The van der Waals surface area contributed by atoms with Gasteiger partial charge in [-0.25, -0.2) is 0 Å². The molecule has 1 aliphatic carbocycles. The zero-order chi connectivity index (χ0) is 8.39. The third kappa shape index (κ3) is 1.79. The van der Waals surface area contributed by atoms with E-state index in [9.17, 15) is 5.11 Å². The van der Waals surface area contributed by atoms with Crippen molar-refractivity contribution in [2.24, 2.45) is 5.92 Å². The fourth-order valence-electron chi connectivity index (χ4n) is 2.15. The van der Waals surface area contributed by atoms with E-state index in [4.69, 9.17) is 4.74 Å². The van der Waals surface area contributed by atoms with Crippen LogP contribution in [0.15, 0.2) is 0 Å². The van der Waals surface area contributed by atoms with Crippen LogP contribution in [0.1, 0.15) is 25.7 Å². The molecule has 2 rings (SSSR count). The number of aliphatic hydroxyl groups excluding tert-OH is 1. The van der Waals surface area contributed by atoms with E-state index >= 15 is 0 Å². The predicted molar refractivity (Wildman–Crippen MR) is 45.7 cm³/mol. The van der Waals surface area contributed by atoms with Crippen LogP contribution < -0.4 is 5.32 Å². The topological polar surface area (TPSA) is 41.5 Å². The summed E-state index contributed by atoms with van der Waals surface area (Å²) < 4.78 is 5.53. The molecule has 1 unspecified atom stereocenters. The van der Waals surface area contributed by atoms with Crippen molar-refractivity contribution in [3.05, 3.63) is 0 Å². The summed E-state index contributed by atoms with van der Waals surface area (Å²) in [5.41, 5.74) is 0. The second-order valence-corrected chi connectivity index (χ2v) is 3.81. The minimum absolute atomic E-state index is 0.0531. The third-order valence-electron chi connectivity index (χ3n) is 2.91. The number of aliphatic hydroxyl groups is 1. The lowest BCUT2D eigenvalue weighted by Gasteiger charge is -2.29. The van der Waals surface area contributed by atoms with Crippen LogP contribution in [-0.2, 0) is 4.74 Å². The van der Waals surface area contributed by atoms with Crippen molar-refractivity contribution >= 4 is 0 Å². The van der Waals surface area contributed by atoms with Gasteiger partial charge in [-0.05, 0) is 31.6 Å². The first-order chi connectivity index (χ1) is 5.86. The van der Waals surface area contributed by atoms with Crippen molar-refractivity contribution in [1.82, 2.24) is 5.32 Å². The van der Waals surface area contributed by atoms with Gasteiger partial charge in [0.05, 0.1) is 12.7 Å². The number of ether oxygens (including phenoxy) is 1. The maximum absolute atomic E-state index is 9.31. The van der Waals surface area contributed by atoms with Crippen molar-refractivity contribution in [2.45, 2.75) is 38.0 Å². The van der Waals surface area contributed by atoms with Crippen LogP contribution >= 0.6 is 0 Å². The summed E-state index contributed by atoms with van der Waals surface area (Å²) >= 11 is 0. The third-order valence-corrected chi connectivity index (χ3v) is 2.91. The van der Waals surface area contributed by atoms with Crippen molar-refractivity contribution in [3.63, 3.8) is 0 Å². The highest BCUT2D eigenvalue weighted by molar-refractivity contribution is 4.78. The zero-order valence-corrected chi connectivity index (χ0v) is 7.33. The Bertz CT molecular complexity index is 137. The molecule has 2 N–H and O–H groups in total. The van der Waals surface area contributed by atoms with E-state index in [0.29, 0.717) is 5.92 Å². The monoisotopic (exact) mass is 171 g/mol. The van der Waals surface area contributed by atoms with Crippen LogP contribution in [0.2, 0.25) is 0 Å². The van der Waals surface area contributed by atoms with Crippen LogP contribution in [0.4, 0.5) is 0 Å². The van der Waals surface area contributed by atoms with Gasteiger partial charge in [0.1, 0.15) is 6.23 Å². The van der Waals surface area contributed by atoms with Gasteiger partial charge >= 0.3 is 0 Å². The lowest BCUT2D eigenvalue weighted by molar-refractivity contribution is 0.0130. The van der Waals surface area contributed by atoms with Crippen molar-refractivity contribution < 1.29 is 9.84 Å². The first kappa shape index (κ1) is 8.48. The summed E-state index contributed by atoms with van der Waals surface area (Å²) in [6.45, 7) is 1.84. The average molecular weight is 171 g/mol. The SMILES string of the molecule is OC1CCC(C2NCCO2)CC1. The molecule has 1 saturated heterocycles. The molecule has 12 heavy (non-hydrogen) atoms. The Morgan fingerprint density at radius 1 is 1.17 bits per heavy atom. The van der Waals surface area contributed by atoms with Gasteiger partial charge in [0.2, 0.25) is 0 Å². The predicted octanol–water partition coefficient (Wildman–Crippen LogP) is 0.483. The minimum atomic E-state index is -0.0531. The Morgan fingerprint density at radius 2 is 1.92 bits per heavy atom. The smallest absolute Gasteiger partial charge is 0.111 e.